The van der Waals surface area contributed by atoms with Crippen molar-refractivity contribution in [3.63, 3.8) is 0 Å². The van der Waals surface area contributed by atoms with Gasteiger partial charge in [-0.15, -0.1) is 0 Å². The Balaban J connectivity index is 1.80. The van der Waals surface area contributed by atoms with Crippen LogP contribution in [-0.4, -0.2) is 49.2 Å². The van der Waals surface area contributed by atoms with E-state index in [1.54, 1.807) is 48.7 Å². The van der Waals surface area contributed by atoms with Gasteiger partial charge in [-0.25, -0.2) is 0 Å². The molecule has 0 unspecified atom stereocenters. The molecule has 126 valence electrons. The Morgan fingerprint density at radius 3 is 2.83 bits per heavy atom. The smallest absolute Gasteiger partial charge is 0.255 e. The summed E-state index contributed by atoms with van der Waals surface area (Å²) in [7, 11) is 1.59. The summed E-state index contributed by atoms with van der Waals surface area (Å²) in [6.45, 7) is 2.32. The molecule has 0 saturated carbocycles. The Morgan fingerprint density at radius 1 is 1.29 bits per heavy atom. The van der Waals surface area contributed by atoms with E-state index in [4.69, 9.17) is 21.1 Å². The van der Waals surface area contributed by atoms with E-state index in [0.29, 0.717) is 54.0 Å². The number of rotatable bonds is 4. The van der Waals surface area contributed by atoms with Crippen LogP contribution in [0, 0.1) is 0 Å². The molecule has 0 radical (unpaired) electrons. The quantitative estimate of drug-likeness (QED) is 0.921. The molecular formula is C17H18ClN3O3. The average molecular weight is 348 g/mol. The highest BCUT2D eigenvalue weighted by atomic mass is 35.5. The highest BCUT2D eigenvalue weighted by molar-refractivity contribution is 6.31. The van der Waals surface area contributed by atoms with Crippen molar-refractivity contribution in [2.45, 2.75) is 0 Å². The summed E-state index contributed by atoms with van der Waals surface area (Å²) in [6, 6.07) is 7.06. The van der Waals surface area contributed by atoms with E-state index in [-0.39, 0.29) is 5.91 Å². The first kappa shape index (κ1) is 16.5. The Hall–Kier alpha value is -2.31. The van der Waals surface area contributed by atoms with Crippen LogP contribution >= 0.6 is 11.6 Å². The average Bonchev–Trinajstić information content (AvgIpc) is 2.62. The fourth-order valence-electron chi connectivity index (χ4n) is 2.51. The van der Waals surface area contributed by atoms with E-state index in [2.05, 4.69) is 10.3 Å². The van der Waals surface area contributed by atoms with Crippen molar-refractivity contribution in [2.24, 2.45) is 0 Å². The molecule has 1 amide bonds. The van der Waals surface area contributed by atoms with Gasteiger partial charge in [-0.2, -0.15) is 0 Å². The molecular weight excluding hydrogens is 330 g/mol. The lowest BCUT2D eigenvalue weighted by atomic mass is 10.2. The molecule has 1 saturated heterocycles. The first-order chi connectivity index (χ1) is 11.7. The van der Waals surface area contributed by atoms with Gasteiger partial charge in [0.1, 0.15) is 5.75 Å². The van der Waals surface area contributed by atoms with Crippen LogP contribution in [0.3, 0.4) is 0 Å². The minimum Gasteiger partial charge on any atom is -0.495 e. The van der Waals surface area contributed by atoms with Crippen LogP contribution in [0.25, 0.3) is 0 Å². The predicted octanol–water partition coefficient (Wildman–Crippen LogP) is 2.96. The van der Waals surface area contributed by atoms with Crippen LogP contribution in [-0.2, 0) is 4.74 Å². The number of morpholine rings is 1. The van der Waals surface area contributed by atoms with E-state index in [1.807, 2.05) is 0 Å². The number of hydrogen-bond acceptors (Lipinski definition) is 5. The number of hydrogen-bond donors (Lipinski definition) is 1. The minimum absolute atomic E-state index is 0.0486. The van der Waals surface area contributed by atoms with Crippen LogP contribution in [0.1, 0.15) is 10.4 Å². The number of amides is 1. The van der Waals surface area contributed by atoms with Crippen molar-refractivity contribution in [1.29, 1.82) is 0 Å². The zero-order chi connectivity index (χ0) is 16.9. The molecule has 1 aliphatic rings. The highest BCUT2D eigenvalue weighted by Gasteiger charge is 2.19. The number of halogens is 1. The van der Waals surface area contributed by atoms with Crippen LogP contribution < -0.4 is 10.1 Å². The Morgan fingerprint density at radius 2 is 2.08 bits per heavy atom. The highest BCUT2D eigenvalue weighted by Crippen LogP contribution is 2.30. The van der Waals surface area contributed by atoms with Crippen molar-refractivity contribution in [3.8, 4) is 5.75 Å². The van der Waals surface area contributed by atoms with Gasteiger partial charge in [0.2, 0.25) is 0 Å². The van der Waals surface area contributed by atoms with Gasteiger partial charge in [0.25, 0.3) is 5.91 Å². The lowest BCUT2D eigenvalue weighted by Crippen LogP contribution is -2.40. The van der Waals surface area contributed by atoms with Gasteiger partial charge in [-0.05, 0) is 24.3 Å². The number of carbonyl (C=O) groups is 1. The van der Waals surface area contributed by atoms with Crippen LogP contribution in [0.15, 0.2) is 36.7 Å². The van der Waals surface area contributed by atoms with E-state index >= 15 is 0 Å². The number of carbonyl (C=O) groups excluding carboxylic acids is 1. The molecule has 0 spiro atoms. The summed E-state index contributed by atoms with van der Waals surface area (Å²) < 4.78 is 10.6. The zero-order valence-corrected chi connectivity index (χ0v) is 14.0. The number of benzene rings is 1. The van der Waals surface area contributed by atoms with Gasteiger partial charge in [-0.3, -0.25) is 9.78 Å². The summed E-state index contributed by atoms with van der Waals surface area (Å²) in [5.74, 6) is 0.608. The molecule has 1 aromatic heterocycles. The van der Waals surface area contributed by atoms with Crippen LogP contribution in [0.2, 0.25) is 5.02 Å². The molecule has 1 aliphatic heterocycles. The third-order valence-electron chi connectivity index (χ3n) is 3.72. The number of ether oxygens (including phenoxy) is 2. The summed E-state index contributed by atoms with van der Waals surface area (Å²) >= 11 is 6.04. The molecule has 1 N–H and O–H groups in total. The number of methoxy groups -OCH3 is 1. The fourth-order valence-corrected chi connectivity index (χ4v) is 2.68. The number of pyridine rings is 1. The molecule has 3 rings (SSSR count). The third kappa shape index (κ3) is 3.77. The maximum absolute atomic E-state index is 12.5. The lowest BCUT2D eigenvalue weighted by molar-refractivity contribution is 0.0302. The summed E-state index contributed by atoms with van der Waals surface area (Å²) in [4.78, 5) is 18.5. The molecule has 7 heteroatoms. The maximum atomic E-state index is 12.5. The predicted molar refractivity (Wildman–Crippen MR) is 92.2 cm³/mol. The second-order valence-corrected chi connectivity index (χ2v) is 5.77. The van der Waals surface area contributed by atoms with Gasteiger partial charge in [0, 0.05) is 24.3 Å². The third-order valence-corrected chi connectivity index (χ3v) is 3.96. The molecule has 0 atom stereocenters. The van der Waals surface area contributed by atoms with Crippen molar-refractivity contribution in [1.82, 2.24) is 9.88 Å². The second kappa shape index (κ2) is 7.51. The number of aromatic nitrogens is 1. The van der Waals surface area contributed by atoms with Crippen molar-refractivity contribution in [2.75, 3.05) is 38.7 Å². The molecule has 0 bridgehead atoms. The molecule has 2 aromatic rings. The number of anilines is 2. The molecule has 2 heterocycles. The largest absolute Gasteiger partial charge is 0.495 e. The van der Waals surface area contributed by atoms with E-state index < -0.39 is 0 Å². The Labute approximate surface area is 145 Å². The lowest BCUT2D eigenvalue weighted by Gasteiger charge is -2.26. The molecule has 0 aliphatic carbocycles. The fraction of sp³-hybridized carbons (Fsp3) is 0.294. The summed E-state index contributed by atoms with van der Waals surface area (Å²) in [6.07, 6.45) is 3.22. The number of nitrogens with zero attached hydrogens (tertiary/aromatic N) is 2. The normalized spacial score (nSPS) is 14.3. The van der Waals surface area contributed by atoms with Crippen molar-refractivity contribution >= 4 is 28.9 Å². The van der Waals surface area contributed by atoms with Gasteiger partial charge in [-0.1, -0.05) is 11.6 Å². The van der Waals surface area contributed by atoms with Gasteiger partial charge in [0.15, 0.2) is 0 Å². The van der Waals surface area contributed by atoms with Crippen molar-refractivity contribution in [3.05, 3.63) is 47.2 Å². The molecule has 1 aromatic carbocycles. The monoisotopic (exact) mass is 347 g/mol. The molecule has 1 fully saturated rings. The van der Waals surface area contributed by atoms with Gasteiger partial charge in [0.05, 0.1) is 43.5 Å². The van der Waals surface area contributed by atoms with Gasteiger partial charge < -0.3 is 19.7 Å². The Bertz CT molecular complexity index is 733. The summed E-state index contributed by atoms with van der Waals surface area (Å²) in [5.41, 5.74) is 1.93. The first-order valence-electron chi connectivity index (χ1n) is 7.60. The molecule has 6 nitrogen and oxygen atoms in total. The van der Waals surface area contributed by atoms with Crippen LogP contribution in [0.5, 0.6) is 5.75 Å². The standard InChI is InChI=1S/C17H18ClN3O3/c1-23-16-3-2-13(18)9-15(16)20-14-8-12(10-19-11-14)17(22)21-4-6-24-7-5-21/h2-3,8-11,20H,4-7H2,1H3. The Kier molecular flexibility index (Phi) is 5.17. The SMILES string of the molecule is COc1ccc(Cl)cc1Nc1cncc(C(=O)N2CCOCC2)c1. The summed E-state index contributed by atoms with van der Waals surface area (Å²) in [5, 5.41) is 3.78. The number of nitrogens with one attached hydrogen (secondary N) is 1. The first-order valence-corrected chi connectivity index (χ1v) is 7.98. The minimum atomic E-state index is -0.0486. The van der Waals surface area contributed by atoms with Gasteiger partial charge >= 0.3 is 0 Å². The topological polar surface area (TPSA) is 63.7 Å². The van der Waals surface area contributed by atoms with Crippen molar-refractivity contribution < 1.29 is 14.3 Å². The van der Waals surface area contributed by atoms with E-state index in [1.165, 1.54) is 0 Å². The van der Waals surface area contributed by atoms with Crippen LogP contribution in [0.4, 0.5) is 11.4 Å². The van der Waals surface area contributed by atoms with E-state index in [0.717, 1.165) is 0 Å². The zero-order valence-electron chi connectivity index (χ0n) is 13.3. The second-order valence-electron chi connectivity index (χ2n) is 5.34. The molecule has 24 heavy (non-hydrogen) atoms. The van der Waals surface area contributed by atoms with E-state index in [9.17, 15) is 4.79 Å². The maximum Gasteiger partial charge on any atom is 0.255 e.